The van der Waals surface area contributed by atoms with E-state index in [0.29, 0.717) is 12.2 Å². The Hall–Kier alpha value is -2.15. The summed E-state index contributed by atoms with van der Waals surface area (Å²) in [6.07, 6.45) is 1.72. The molecule has 1 fully saturated rings. The molecule has 0 amide bonds. The topological polar surface area (TPSA) is 80.8 Å². The second-order valence-corrected chi connectivity index (χ2v) is 5.96. The lowest BCUT2D eigenvalue weighted by Gasteiger charge is -2.29. The molecule has 0 aromatic carbocycles. The van der Waals surface area contributed by atoms with E-state index < -0.39 is 5.97 Å². The molecule has 7 nitrogen and oxygen atoms in total. The van der Waals surface area contributed by atoms with Crippen molar-refractivity contribution in [1.82, 2.24) is 10.3 Å². The highest BCUT2D eigenvalue weighted by Crippen LogP contribution is 2.13. The van der Waals surface area contributed by atoms with Crippen LogP contribution in [0.4, 0.5) is 5.69 Å². The van der Waals surface area contributed by atoms with E-state index in [9.17, 15) is 9.59 Å². The number of esters is 1. The number of aromatic nitrogens is 1. The Morgan fingerprint density at radius 2 is 1.96 bits per heavy atom. The minimum Gasteiger partial charge on any atom is -0.464 e. The highest BCUT2D eigenvalue weighted by Gasteiger charge is 2.12. The molecule has 23 heavy (non-hydrogen) atoms. The predicted octanol–water partition coefficient (Wildman–Crippen LogP) is 1.24. The Bertz CT molecular complexity index is 491. The third-order valence-corrected chi connectivity index (χ3v) is 3.03. The molecule has 1 aromatic heterocycles. The standard InChI is InChI=1S/C11H15N3O2.C5H10O2/c1-16-11(15)10-3-2-9(8-13-10)14-6-4-12-5-7-14;1-5(2,3)7-4-6/h2-3,8,12H,4-7H2,1H3;4H,1-3H3. The Morgan fingerprint density at radius 1 is 1.30 bits per heavy atom. The van der Waals surface area contributed by atoms with Gasteiger partial charge in [-0.1, -0.05) is 0 Å². The fourth-order valence-electron chi connectivity index (χ4n) is 1.87. The molecule has 2 rings (SSSR count). The maximum absolute atomic E-state index is 11.2. The van der Waals surface area contributed by atoms with Crippen molar-refractivity contribution in [1.29, 1.82) is 0 Å². The first-order valence-corrected chi connectivity index (χ1v) is 7.49. The molecule has 0 atom stereocenters. The van der Waals surface area contributed by atoms with Gasteiger partial charge in [0.15, 0.2) is 0 Å². The number of anilines is 1. The highest BCUT2D eigenvalue weighted by molar-refractivity contribution is 5.87. The van der Waals surface area contributed by atoms with Crippen LogP contribution in [0.3, 0.4) is 0 Å². The van der Waals surface area contributed by atoms with Crippen LogP contribution in [-0.4, -0.2) is 56.3 Å². The summed E-state index contributed by atoms with van der Waals surface area (Å²) < 4.78 is 9.15. The van der Waals surface area contributed by atoms with Crippen molar-refractivity contribution in [2.45, 2.75) is 26.4 Å². The summed E-state index contributed by atoms with van der Waals surface area (Å²) >= 11 is 0. The Kier molecular flexibility index (Phi) is 7.47. The molecule has 1 aliphatic rings. The fraction of sp³-hybridized carbons (Fsp3) is 0.562. The van der Waals surface area contributed by atoms with E-state index in [4.69, 9.17) is 0 Å². The number of nitrogens with one attached hydrogen (secondary N) is 1. The summed E-state index contributed by atoms with van der Waals surface area (Å²) in [6, 6.07) is 3.60. The van der Waals surface area contributed by atoms with Crippen molar-refractivity contribution in [3.05, 3.63) is 24.0 Å². The van der Waals surface area contributed by atoms with Crippen LogP contribution >= 0.6 is 0 Å². The third kappa shape index (κ3) is 7.10. The van der Waals surface area contributed by atoms with Crippen molar-refractivity contribution >= 4 is 18.1 Å². The molecule has 0 spiro atoms. The average Bonchev–Trinajstić information content (AvgIpc) is 2.54. The first-order chi connectivity index (χ1) is 10.9. The molecule has 0 radical (unpaired) electrons. The summed E-state index contributed by atoms with van der Waals surface area (Å²) in [5.74, 6) is -0.396. The molecule has 0 saturated carbocycles. The number of piperazine rings is 1. The molecule has 1 N–H and O–H groups in total. The van der Waals surface area contributed by atoms with Gasteiger partial charge in [-0.2, -0.15) is 0 Å². The van der Waals surface area contributed by atoms with Gasteiger partial charge in [0.2, 0.25) is 0 Å². The van der Waals surface area contributed by atoms with Crippen LogP contribution < -0.4 is 10.2 Å². The van der Waals surface area contributed by atoms with E-state index in [0.717, 1.165) is 31.9 Å². The van der Waals surface area contributed by atoms with Crippen molar-refractivity contribution in [2.75, 3.05) is 38.2 Å². The van der Waals surface area contributed by atoms with Gasteiger partial charge >= 0.3 is 5.97 Å². The van der Waals surface area contributed by atoms with Crippen LogP contribution in [0.5, 0.6) is 0 Å². The van der Waals surface area contributed by atoms with Gasteiger partial charge in [-0.25, -0.2) is 9.78 Å². The van der Waals surface area contributed by atoms with Gasteiger partial charge < -0.3 is 19.7 Å². The van der Waals surface area contributed by atoms with Crippen LogP contribution in [0.1, 0.15) is 31.3 Å². The van der Waals surface area contributed by atoms with Gasteiger partial charge in [-0.3, -0.25) is 4.79 Å². The van der Waals surface area contributed by atoms with E-state index in [-0.39, 0.29) is 5.60 Å². The van der Waals surface area contributed by atoms with Gasteiger partial charge in [-0.05, 0) is 32.9 Å². The SMILES string of the molecule is CC(C)(C)OC=O.COC(=O)c1ccc(N2CCNCC2)cn1. The summed E-state index contributed by atoms with van der Waals surface area (Å²) in [5.41, 5.74) is 1.08. The number of carbonyl (C=O) groups is 2. The zero-order chi connectivity index (χ0) is 17.3. The Balaban J connectivity index is 0.000000322. The van der Waals surface area contributed by atoms with E-state index >= 15 is 0 Å². The average molecular weight is 323 g/mol. The van der Waals surface area contributed by atoms with Crippen molar-refractivity contribution in [3.63, 3.8) is 0 Å². The fourth-order valence-corrected chi connectivity index (χ4v) is 1.87. The minimum atomic E-state index is -0.396. The quantitative estimate of drug-likeness (QED) is 0.662. The summed E-state index contributed by atoms with van der Waals surface area (Å²) in [4.78, 5) is 27.1. The first kappa shape index (κ1) is 18.9. The number of ether oxygens (including phenoxy) is 2. The zero-order valence-electron chi connectivity index (χ0n) is 14.2. The predicted molar refractivity (Wildman–Crippen MR) is 87.6 cm³/mol. The van der Waals surface area contributed by atoms with E-state index in [2.05, 4.69) is 24.7 Å². The normalized spacial score (nSPS) is 14.3. The van der Waals surface area contributed by atoms with Crippen molar-refractivity contribution in [3.8, 4) is 0 Å². The largest absolute Gasteiger partial charge is 0.464 e. The maximum atomic E-state index is 11.2. The second-order valence-electron chi connectivity index (χ2n) is 5.96. The lowest BCUT2D eigenvalue weighted by atomic mass is 10.2. The lowest BCUT2D eigenvalue weighted by Crippen LogP contribution is -2.43. The summed E-state index contributed by atoms with van der Waals surface area (Å²) in [7, 11) is 1.36. The van der Waals surface area contributed by atoms with E-state index in [1.807, 2.05) is 26.8 Å². The highest BCUT2D eigenvalue weighted by atomic mass is 16.5. The van der Waals surface area contributed by atoms with Crippen LogP contribution in [0, 0.1) is 0 Å². The molecule has 2 heterocycles. The Morgan fingerprint density at radius 3 is 2.35 bits per heavy atom. The first-order valence-electron chi connectivity index (χ1n) is 7.49. The van der Waals surface area contributed by atoms with Gasteiger partial charge in [-0.15, -0.1) is 0 Å². The van der Waals surface area contributed by atoms with Gasteiger partial charge in [0, 0.05) is 26.2 Å². The smallest absolute Gasteiger partial charge is 0.356 e. The maximum Gasteiger partial charge on any atom is 0.356 e. The van der Waals surface area contributed by atoms with E-state index in [1.165, 1.54) is 7.11 Å². The number of nitrogens with zero attached hydrogens (tertiary/aromatic N) is 2. The molecule has 1 saturated heterocycles. The molecule has 128 valence electrons. The molecular formula is C16H25N3O4. The molecule has 0 bridgehead atoms. The van der Waals surface area contributed by atoms with Gasteiger partial charge in [0.25, 0.3) is 6.47 Å². The number of carbonyl (C=O) groups excluding carboxylic acids is 2. The van der Waals surface area contributed by atoms with Crippen LogP contribution in [0.15, 0.2) is 18.3 Å². The number of methoxy groups -OCH3 is 1. The number of rotatable bonds is 3. The van der Waals surface area contributed by atoms with Crippen molar-refractivity contribution in [2.24, 2.45) is 0 Å². The minimum absolute atomic E-state index is 0.318. The second kappa shape index (κ2) is 9.09. The summed E-state index contributed by atoms with van der Waals surface area (Å²) in [5, 5.41) is 3.29. The molecular weight excluding hydrogens is 298 g/mol. The monoisotopic (exact) mass is 323 g/mol. The summed E-state index contributed by atoms with van der Waals surface area (Å²) in [6.45, 7) is 9.83. The van der Waals surface area contributed by atoms with Gasteiger partial charge in [0.1, 0.15) is 11.3 Å². The molecule has 1 aromatic rings. The van der Waals surface area contributed by atoms with Crippen LogP contribution in [-0.2, 0) is 14.3 Å². The third-order valence-electron chi connectivity index (χ3n) is 3.03. The number of hydrogen-bond donors (Lipinski definition) is 1. The lowest BCUT2D eigenvalue weighted by molar-refractivity contribution is -0.138. The van der Waals surface area contributed by atoms with E-state index in [1.54, 1.807) is 12.3 Å². The molecule has 0 unspecified atom stereocenters. The molecule has 1 aliphatic heterocycles. The van der Waals surface area contributed by atoms with Crippen LogP contribution in [0.25, 0.3) is 0 Å². The van der Waals surface area contributed by atoms with Gasteiger partial charge in [0.05, 0.1) is 19.0 Å². The molecule has 7 heteroatoms. The van der Waals surface area contributed by atoms with Crippen molar-refractivity contribution < 1.29 is 19.1 Å². The number of pyridine rings is 1. The number of hydrogen-bond acceptors (Lipinski definition) is 7. The Labute approximate surface area is 137 Å². The zero-order valence-corrected chi connectivity index (χ0v) is 14.2. The van der Waals surface area contributed by atoms with Crippen LogP contribution in [0.2, 0.25) is 0 Å². The molecule has 0 aliphatic carbocycles.